The lowest BCUT2D eigenvalue weighted by molar-refractivity contribution is 0.0600. The van der Waals surface area contributed by atoms with E-state index in [0.717, 1.165) is 5.56 Å². The number of ether oxygens (including phenoxy) is 1. The van der Waals surface area contributed by atoms with Crippen molar-refractivity contribution >= 4 is 17.9 Å². The summed E-state index contributed by atoms with van der Waals surface area (Å²) in [6, 6.07) is 22.0. The predicted molar refractivity (Wildman–Crippen MR) is 98.6 cm³/mol. The van der Waals surface area contributed by atoms with E-state index in [1.165, 1.54) is 7.11 Å². The monoisotopic (exact) mass is 331 g/mol. The third-order valence-electron chi connectivity index (χ3n) is 3.81. The molecule has 4 heteroatoms. The maximum atomic E-state index is 11.8. The molecule has 0 aliphatic rings. The third kappa shape index (κ3) is 3.58. The molecule has 0 radical (unpaired) electrons. The van der Waals surface area contributed by atoms with Crippen molar-refractivity contribution in [3.63, 3.8) is 0 Å². The molecule has 3 aromatic carbocycles. The van der Waals surface area contributed by atoms with Gasteiger partial charge in [-0.15, -0.1) is 0 Å². The number of phenols is 1. The van der Waals surface area contributed by atoms with Gasteiger partial charge in [0.15, 0.2) is 0 Å². The summed E-state index contributed by atoms with van der Waals surface area (Å²) in [5.74, 6) is -0.329. The molecule has 4 nitrogen and oxygen atoms in total. The van der Waals surface area contributed by atoms with Gasteiger partial charge in [-0.25, -0.2) is 4.79 Å². The van der Waals surface area contributed by atoms with E-state index in [4.69, 9.17) is 4.74 Å². The van der Waals surface area contributed by atoms with Crippen LogP contribution in [0.2, 0.25) is 0 Å². The van der Waals surface area contributed by atoms with Gasteiger partial charge in [-0.3, -0.25) is 4.99 Å². The second-order valence-electron chi connectivity index (χ2n) is 5.38. The molecular formula is C21H17NO3. The highest BCUT2D eigenvalue weighted by atomic mass is 16.5. The molecule has 0 aliphatic heterocycles. The van der Waals surface area contributed by atoms with Crippen molar-refractivity contribution in [2.45, 2.75) is 0 Å². The lowest BCUT2D eigenvalue weighted by atomic mass is 10.0. The molecule has 0 aromatic heterocycles. The van der Waals surface area contributed by atoms with Crippen LogP contribution in [0.5, 0.6) is 5.75 Å². The molecule has 0 bridgehead atoms. The van der Waals surface area contributed by atoms with Gasteiger partial charge in [0.1, 0.15) is 11.4 Å². The Balaban J connectivity index is 1.97. The molecule has 0 fully saturated rings. The largest absolute Gasteiger partial charge is 0.505 e. The molecule has 3 rings (SSSR count). The molecule has 0 saturated carbocycles. The number of methoxy groups -OCH3 is 1. The summed E-state index contributed by atoms with van der Waals surface area (Å²) in [5.41, 5.74) is 3.09. The number of carbonyl (C=O) groups excluding carboxylic acids is 1. The minimum absolute atomic E-state index is 0.0977. The SMILES string of the molecule is COC(=O)c1ccccc1C=Nc1cccc(-c2ccccc2)c1O. The van der Waals surface area contributed by atoms with E-state index in [0.29, 0.717) is 22.4 Å². The minimum Gasteiger partial charge on any atom is -0.505 e. The van der Waals surface area contributed by atoms with Crippen LogP contribution >= 0.6 is 0 Å². The molecule has 25 heavy (non-hydrogen) atoms. The van der Waals surface area contributed by atoms with Gasteiger partial charge < -0.3 is 9.84 Å². The zero-order valence-electron chi connectivity index (χ0n) is 13.7. The molecular weight excluding hydrogens is 314 g/mol. The smallest absolute Gasteiger partial charge is 0.338 e. The quantitative estimate of drug-likeness (QED) is 0.561. The van der Waals surface area contributed by atoms with Gasteiger partial charge in [-0.05, 0) is 17.7 Å². The molecule has 1 N–H and O–H groups in total. The summed E-state index contributed by atoms with van der Waals surface area (Å²) < 4.78 is 4.78. The number of aromatic hydroxyl groups is 1. The number of phenolic OH excluding ortho intramolecular Hbond substituents is 1. The molecule has 0 spiro atoms. The zero-order chi connectivity index (χ0) is 17.6. The fourth-order valence-electron chi connectivity index (χ4n) is 2.53. The molecule has 0 aliphatic carbocycles. The van der Waals surface area contributed by atoms with Gasteiger partial charge >= 0.3 is 5.97 Å². The van der Waals surface area contributed by atoms with Gasteiger partial charge in [0.05, 0.1) is 12.7 Å². The summed E-state index contributed by atoms with van der Waals surface area (Å²) in [4.78, 5) is 16.2. The van der Waals surface area contributed by atoms with Crippen LogP contribution in [0.25, 0.3) is 11.1 Å². The number of hydrogen-bond donors (Lipinski definition) is 1. The number of benzene rings is 3. The van der Waals surface area contributed by atoms with E-state index in [2.05, 4.69) is 4.99 Å². The van der Waals surface area contributed by atoms with Crippen molar-refractivity contribution in [2.75, 3.05) is 7.11 Å². The summed E-state index contributed by atoms with van der Waals surface area (Å²) >= 11 is 0. The van der Waals surface area contributed by atoms with Crippen molar-refractivity contribution in [3.8, 4) is 16.9 Å². The van der Waals surface area contributed by atoms with Gasteiger partial charge in [-0.2, -0.15) is 0 Å². The molecule has 124 valence electrons. The highest BCUT2D eigenvalue weighted by Gasteiger charge is 2.10. The fourth-order valence-corrected chi connectivity index (χ4v) is 2.53. The van der Waals surface area contributed by atoms with Crippen LogP contribution in [0.3, 0.4) is 0 Å². The molecule has 0 atom stereocenters. The number of para-hydroxylation sites is 1. The van der Waals surface area contributed by atoms with Crippen LogP contribution in [-0.4, -0.2) is 24.4 Å². The van der Waals surface area contributed by atoms with Crippen molar-refractivity contribution in [3.05, 3.63) is 83.9 Å². The van der Waals surface area contributed by atoms with Gasteiger partial charge in [0.25, 0.3) is 0 Å². The fraction of sp³-hybridized carbons (Fsp3) is 0.0476. The molecule has 0 amide bonds. The Kier molecular flexibility index (Phi) is 4.90. The number of rotatable bonds is 4. The standard InChI is InChI=1S/C21H17NO3/c1-25-21(24)18-11-6-5-10-16(18)14-22-19-13-7-12-17(20(19)23)15-8-3-2-4-9-15/h2-14,23H,1H3. The average Bonchev–Trinajstić information content (AvgIpc) is 2.67. The molecule has 0 unspecified atom stereocenters. The first kappa shape index (κ1) is 16.5. The van der Waals surface area contributed by atoms with Gasteiger partial charge in [0, 0.05) is 17.3 Å². The molecule has 0 heterocycles. The highest BCUT2D eigenvalue weighted by Crippen LogP contribution is 2.36. The Morgan fingerprint density at radius 1 is 0.960 bits per heavy atom. The molecule has 3 aromatic rings. The first-order valence-electron chi connectivity index (χ1n) is 7.79. The maximum Gasteiger partial charge on any atom is 0.338 e. The Hall–Kier alpha value is -3.40. The van der Waals surface area contributed by atoms with Crippen molar-refractivity contribution in [2.24, 2.45) is 4.99 Å². The van der Waals surface area contributed by atoms with E-state index >= 15 is 0 Å². The van der Waals surface area contributed by atoms with Gasteiger partial charge in [-0.1, -0.05) is 60.7 Å². The third-order valence-corrected chi connectivity index (χ3v) is 3.81. The van der Waals surface area contributed by atoms with Crippen LogP contribution in [-0.2, 0) is 4.74 Å². The lowest BCUT2D eigenvalue weighted by Crippen LogP contribution is -2.04. The van der Waals surface area contributed by atoms with Crippen LogP contribution < -0.4 is 0 Å². The number of aliphatic imine (C=N–C) groups is 1. The Morgan fingerprint density at radius 3 is 2.44 bits per heavy atom. The lowest BCUT2D eigenvalue weighted by Gasteiger charge is -2.07. The Morgan fingerprint density at radius 2 is 1.68 bits per heavy atom. The van der Waals surface area contributed by atoms with Crippen LogP contribution in [0.15, 0.2) is 77.8 Å². The Labute approximate surface area is 146 Å². The number of nitrogens with zero attached hydrogens (tertiary/aromatic N) is 1. The maximum absolute atomic E-state index is 11.8. The summed E-state index contributed by atoms with van der Waals surface area (Å²) in [6.07, 6.45) is 1.55. The van der Waals surface area contributed by atoms with Crippen LogP contribution in [0.1, 0.15) is 15.9 Å². The van der Waals surface area contributed by atoms with Crippen LogP contribution in [0.4, 0.5) is 5.69 Å². The van der Waals surface area contributed by atoms with Crippen LogP contribution in [0, 0.1) is 0 Å². The first-order chi connectivity index (χ1) is 12.2. The van der Waals surface area contributed by atoms with E-state index in [1.54, 1.807) is 30.5 Å². The molecule has 0 saturated heterocycles. The summed E-state index contributed by atoms with van der Waals surface area (Å²) in [6.45, 7) is 0. The second-order valence-corrected chi connectivity index (χ2v) is 5.38. The summed E-state index contributed by atoms with van der Waals surface area (Å²) in [5, 5.41) is 10.5. The number of esters is 1. The predicted octanol–water partition coefficient (Wildman–Crippen LogP) is 4.60. The average molecular weight is 331 g/mol. The van der Waals surface area contributed by atoms with Crippen molar-refractivity contribution < 1.29 is 14.6 Å². The van der Waals surface area contributed by atoms with Crippen molar-refractivity contribution in [1.29, 1.82) is 0 Å². The topological polar surface area (TPSA) is 58.9 Å². The van der Waals surface area contributed by atoms with E-state index in [1.807, 2.05) is 48.5 Å². The zero-order valence-corrected chi connectivity index (χ0v) is 13.7. The summed E-state index contributed by atoms with van der Waals surface area (Å²) in [7, 11) is 1.34. The second kappa shape index (κ2) is 7.45. The first-order valence-corrected chi connectivity index (χ1v) is 7.79. The minimum atomic E-state index is -0.427. The van der Waals surface area contributed by atoms with Gasteiger partial charge in [0.2, 0.25) is 0 Å². The number of hydrogen-bond acceptors (Lipinski definition) is 4. The van der Waals surface area contributed by atoms with Crippen molar-refractivity contribution in [1.82, 2.24) is 0 Å². The van der Waals surface area contributed by atoms with E-state index in [-0.39, 0.29) is 5.75 Å². The normalized spacial score (nSPS) is 10.8. The van der Waals surface area contributed by atoms with E-state index < -0.39 is 5.97 Å². The van der Waals surface area contributed by atoms with E-state index in [9.17, 15) is 9.90 Å². The number of carbonyl (C=O) groups is 1. The highest BCUT2D eigenvalue weighted by molar-refractivity contribution is 6.00. The Bertz CT molecular complexity index is 917.